The number of methoxy groups -OCH3 is 1. The van der Waals surface area contributed by atoms with Gasteiger partial charge in [-0.25, -0.2) is 14.4 Å². The van der Waals surface area contributed by atoms with E-state index in [1.807, 2.05) is 91.0 Å². The van der Waals surface area contributed by atoms with E-state index in [1.165, 1.54) is 7.11 Å². The summed E-state index contributed by atoms with van der Waals surface area (Å²) >= 11 is 0.785. The number of carbonyl (C=O) groups is 4. The van der Waals surface area contributed by atoms with Crippen molar-refractivity contribution in [2.45, 2.75) is 25.8 Å². The SMILES string of the molecule is COC(=O)c1cccc(-c2cccc(CNC(=O)[C@H](CSC(=O)OCc3ccccc3)NC(=O)OCc3ccccc3)c2)c1. The minimum atomic E-state index is -1.08. The molecule has 1 atom stereocenters. The first-order valence-electron chi connectivity index (χ1n) is 13.8. The number of amides is 2. The molecule has 9 nitrogen and oxygen atoms in total. The maximum Gasteiger partial charge on any atom is 0.408 e. The Kier molecular flexibility index (Phi) is 12.0. The van der Waals surface area contributed by atoms with E-state index in [2.05, 4.69) is 10.6 Å². The summed E-state index contributed by atoms with van der Waals surface area (Å²) in [4.78, 5) is 50.2. The molecule has 2 N–H and O–H groups in total. The minimum Gasteiger partial charge on any atom is -0.465 e. The summed E-state index contributed by atoms with van der Waals surface area (Å²) in [5.41, 5.74) is 4.50. The van der Waals surface area contributed by atoms with Crippen LogP contribution in [0.4, 0.5) is 9.59 Å². The van der Waals surface area contributed by atoms with Crippen molar-refractivity contribution in [1.29, 1.82) is 0 Å². The van der Waals surface area contributed by atoms with Gasteiger partial charge in [0, 0.05) is 12.3 Å². The Labute approximate surface area is 259 Å². The largest absolute Gasteiger partial charge is 0.465 e. The van der Waals surface area contributed by atoms with E-state index >= 15 is 0 Å². The lowest BCUT2D eigenvalue weighted by Crippen LogP contribution is -2.48. The molecule has 10 heteroatoms. The third-order valence-electron chi connectivity index (χ3n) is 6.40. The van der Waals surface area contributed by atoms with Gasteiger partial charge in [0.2, 0.25) is 5.91 Å². The maximum absolute atomic E-state index is 13.2. The molecular formula is C34H32N2O7S. The third-order valence-corrected chi connectivity index (χ3v) is 7.25. The van der Waals surface area contributed by atoms with E-state index in [0.717, 1.165) is 39.6 Å². The van der Waals surface area contributed by atoms with Crippen LogP contribution in [0.25, 0.3) is 11.1 Å². The summed E-state index contributed by atoms with van der Waals surface area (Å²) in [5, 5.41) is 4.82. The summed E-state index contributed by atoms with van der Waals surface area (Å²) in [6, 6.07) is 31.8. The van der Waals surface area contributed by atoms with Crippen molar-refractivity contribution in [3.05, 3.63) is 131 Å². The Hall–Kier alpha value is -5.09. The van der Waals surface area contributed by atoms with Gasteiger partial charge in [-0.15, -0.1) is 0 Å². The predicted molar refractivity (Wildman–Crippen MR) is 168 cm³/mol. The number of thioether (sulfide) groups is 1. The molecule has 0 saturated carbocycles. The van der Waals surface area contributed by atoms with Crippen molar-refractivity contribution >= 4 is 35.0 Å². The van der Waals surface area contributed by atoms with Crippen molar-refractivity contribution in [2.75, 3.05) is 12.9 Å². The quantitative estimate of drug-likeness (QED) is 0.145. The zero-order chi connectivity index (χ0) is 31.1. The van der Waals surface area contributed by atoms with Gasteiger partial charge >= 0.3 is 17.4 Å². The van der Waals surface area contributed by atoms with Crippen molar-refractivity contribution in [2.24, 2.45) is 0 Å². The molecule has 4 rings (SSSR count). The third kappa shape index (κ3) is 10.0. The number of benzene rings is 4. The van der Waals surface area contributed by atoms with Crippen LogP contribution in [0.2, 0.25) is 0 Å². The van der Waals surface area contributed by atoms with Gasteiger partial charge in [0.25, 0.3) is 0 Å². The van der Waals surface area contributed by atoms with Gasteiger partial charge in [-0.2, -0.15) is 0 Å². The molecule has 0 bridgehead atoms. The number of ether oxygens (including phenoxy) is 3. The monoisotopic (exact) mass is 612 g/mol. The zero-order valence-corrected chi connectivity index (χ0v) is 24.9. The van der Waals surface area contributed by atoms with Crippen LogP contribution in [0.15, 0.2) is 109 Å². The lowest BCUT2D eigenvalue weighted by atomic mass is 10.0. The number of nitrogens with one attached hydrogen (secondary N) is 2. The van der Waals surface area contributed by atoms with E-state index < -0.39 is 29.3 Å². The van der Waals surface area contributed by atoms with E-state index in [9.17, 15) is 19.2 Å². The number of hydrogen-bond acceptors (Lipinski definition) is 8. The van der Waals surface area contributed by atoms with Crippen LogP contribution >= 0.6 is 11.8 Å². The highest BCUT2D eigenvalue weighted by molar-refractivity contribution is 8.13. The van der Waals surface area contributed by atoms with Crippen molar-refractivity contribution in [3.8, 4) is 11.1 Å². The minimum absolute atomic E-state index is 0.0250. The standard InChI is InChI=1S/C34H32N2O7S/c1-41-32(38)29-17-9-16-28(19-29)27-15-8-14-26(18-27)20-35-31(37)30(36-33(39)42-21-24-10-4-2-5-11-24)23-44-34(40)43-22-25-12-6-3-7-13-25/h2-19,30H,20-23H2,1H3,(H,35,37)(H,36,39)/t30-/m0/s1. The average molecular weight is 613 g/mol. The van der Waals surface area contributed by atoms with Crippen LogP contribution < -0.4 is 10.6 Å². The van der Waals surface area contributed by atoms with Crippen molar-refractivity contribution in [1.82, 2.24) is 10.6 Å². The molecule has 0 unspecified atom stereocenters. The van der Waals surface area contributed by atoms with Crippen LogP contribution in [-0.2, 0) is 38.8 Å². The van der Waals surface area contributed by atoms with Crippen LogP contribution in [-0.4, -0.2) is 42.2 Å². The van der Waals surface area contributed by atoms with E-state index in [-0.39, 0.29) is 25.5 Å². The van der Waals surface area contributed by atoms with Crippen LogP contribution in [0.1, 0.15) is 27.0 Å². The second kappa shape index (κ2) is 16.5. The first-order chi connectivity index (χ1) is 21.4. The summed E-state index contributed by atoms with van der Waals surface area (Å²) < 4.78 is 15.4. The molecule has 0 heterocycles. The number of rotatable bonds is 12. The first kappa shape index (κ1) is 31.8. The Morgan fingerprint density at radius 1 is 0.705 bits per heavy atom. The molecule has 0 fully saturated rings. The highest BCUT2D eigenvalue weighted by Gasteiger charge is 2.23. The molecule has 226 valence electrons. The van der Waals surface area contributed by atoms with Gasteiger partial charge in [0.1, 0.15) is 19.3 Å². The fourth-order valence-corrected chi connectivity index (χ4v) is 4.80. The second-order valence-corrected chi connectivity index (χ2v) is 10.5. The summed E-state index contributed by atoms with van der Waals surface area (Å²) in [7, 11) is 1.33. The molecule has 0 aromatic heterocycles. The van der Waals surface area contributed by atoms with Crippen LogP contribution in [0, 0.1) is 0 Å². The molecule has 0 aliphatic rings. The molecular weight excluding hydrogens is 580 g/mol. The number of carbonyl (C=O) groups excluding carboxylic acids is 4. The van der Waals surface area contributed by atoms with Gasteiger partial charge < -0.3 is 24.8 Å². The van der Waals surface area contributed by atoms with Crippen molar-refractivity contribution < 1.29 is 33.4 Å². The summed E-state index contributed by atoms with van der Waals surface area (Å²) in [5.74, 6) is -0.999. The van der Waals surface area contributed by atoms with Crippen LogP contribution in [0.3, 0.4) is 0 Å². The number of alkyl carbamates (subject to hydrolysis) is 1. The molecule has 0 saturated heterocycles. The first-order valence-corrected chi connectivity index (χ1v) is 14.8. The molecule has 4 aromatic carbocycles. The fraction of sp³-hybridized carbons (Fsp3) is 0.176. The Morgan fingerprint density at radius 2 is 1.30 bits per heavy atom. The Bertz CT molecular complexity index is 1560. The molecule has 2 amide bonds. The Morgan fingerprint density at radius 3 is 1.95 bits per heavy atom. The summed E-state index contributed by atoms with van der Waals surface area (Å²) in [6.45, 7) is 0.274. The molecule has 4 aromatic rings. The topological polar surface area (TPSA) is 120 Å². The molecule has 44 heavy (non-hydrogen) atoms. The number of hydrogen-bond donors (Lipinski definition) is 2. The molecule has 0 aliphatic carbocycles. The highest BCUT2D eigenvalue weighted by Crippen LogP contribution is 2.22. The lowest BCUT2D eigenvalue weighted by molar-refractivity contribution is -0.122. The Balaban J connectivity index is 1.38. The van der Waals surface area contributed by atoms with E-state index in [4.69, 9.17) is 14.2 Å². The van der Waals surface area contributed by atoms with Gasteiger partial charge in [0.05, 0.1) is 12.7 Å². The van der Waals surface area contributed by atoms with Gasteiger partial charge in [0.15, 0.2) is 0 Å². The highest BCUT2D eigenvalue weighted by atomic mass is 32.2. The molecule has 0 radical (unpaired) electrons. The molecule has 0 aliphatic heterocycles. The smallest absolute Gasteiger partial charge is 0.408 e. The van der Waals surface area contributed by atoms with Gasteiger partial charge in [-0.1, -0.05) is 91.0 Å². The van der Waals surface area contributed by atoms with E-state index in [1.54, 1.807) is 18.2 Å². The predicted octanol–water partition coefficient (Wildman–Crippen LogP) is 6.12. The second-order valence-electron chi connectivity index (χ2n) is 9.58. The number of esters is 1. The maximum atomic E-state index is 13.2. The average Bonchev–Trinajstić information content (AvgIpc) is 3.07. The fourth-order valence-electron chi connectivity index (χ4n) is 4.12. The van der Waals surface area contributed by atoms with E-state index in [0.29, 0.717) is 5.56 Å². The van der Waals surface area contributed by atoms with Gasteiger partial charge in [-0.3, -0.25) is 4.79 Å². The normalized spacial score (nSPS) is 11.1. The van der Waals surface area contributed by atoms with Crippen molar-refractivity contribution in [3.63, 3.8) is 0 Å². The van der Waals surface area contributed by atoms with Gasteiger partial charge in [-0.05, 0) is 57.8 Å². The molecule has 0 spiro atoms. The summed E-state index contributed by atoms with van der Waals surface area (Å²) in [6.07, 6.45) is -0.792. The zero-order valence-electron chi connectivity index (χ0n) is 24.1. The lowest BCUT2D eigenvalue weighted by Gasteiger charge is -2.18. The van der Waals surface area contributed by atoms with Crippen LogP contribution in [0.5, 0.6) is 0 Å².